The molecule has 142 valence electrons. The fourth-order valence-corrected chi connectivity index (χ4v) is 5.47. The number of nitrogens with zero attached hydrogens (tertiary/aromatic N) is 1. The van der Waals surface area contributed by atoms with E-state index in [1.54, 1.807) is 6.07 Å². The molecule has 1 heterocycles. The fraction of sp³-hybridized carbons (Fsp3) is 0.286. The first-order chi connectivity index (χ1) is 12.7. The normalized spacial score (nSPS) is 11.7. The van der Waals surface area contributed by atoms with Crippen molar-refractivity contribution in [3.63, 3.8) is 0 Å². The average molecular weight is 401 g/mol. The van der Waals surface area contributed by atoms with Crippen LogP contribution in [0, 0.1) is 34.6 Å². The number of aryl methyl sites for hydroxylation is 5. The molecule has 1 N–H and O–H groups in total. The maximum absolute atomic E-state index is 12.8. The zero-order chi connectivity index (χ0) is 19.8. The van der Waals surface area contributed by atoms with Gasteiger partial charge in [0, 0.05) is 17.0 Å². The van der Waals surface area contributed by atoms with Crippen molar-refractivity contribution in [3.05, 3.63) is 69.2 Å². The Bertz CT molecular complexity index is 1100. The highest BCUT2D eigenvalue weighted by molar-refractivity contribution is 7.89. The minimum absolute atomic E-state index is 0.240. The molecule has 0 aliphatic heterocycles. The molecule has 1 aromatic heterocycles. The molecule has 27 heavy (non-hydrogen) atoms. The fourth-order valence-electron chi connectivity index (χ4n) is 2.98. The monoisotopic (exact) mass is 400 g/mol. The molecule has 0 aliphatic rings. The molecule has 3 rings (SSSR count). The number of nitrogens with one attached hydrogen (secondary N) is 1. The van der Waals surface area contributed by atoms with Gasteiger partial charge in [0.2, 0.25) is 10.0 Å². The smallest absolute Gasteiger partial charge is 0.241 e. The number of thiazole rings is 1. The molecule has 0 atom stereocenters. The van der Waals surface area contributed by atoms with Gasteiger partial charge in [-0.15, -0.1) is 11.3 Å². The third-order valence-corrected chi connectivity index (χ3v) is 7.51. The predicted molar refractivity (Wildman–Crippen MR) is 112 cm³/mol. The van der Waals surface area contributed by atoms with Gasteiger partial charge in [0.15, 0.2) is 0 Å². The molecule has 6 heteroatoms. The van der Waals surface area contributed by atoms with Gasteiger partial charge in [0.05, 0.1) is 10.6 Å². The van der Waals surface area contributed by atoms with E-state index in [4.69, 9.17) is 0 Å². The topological polar surface area (TPSA) is 59.1 Å². The molecular formula is C21H24N2O2S2. The molecule has 0 saturated heterocycles. The zero-order valence-corrected chi connectivity index (χ0v) is 17.9. The second-order valence-corrected chi connectivity index (χ2v) is 9.69. The van der Waals surface area contributed by atoms with Crippen molar-refractivity contribution in [3.8, 4) is 10.6 Å². The SMILES string of the molecule is Cc1cc(C)c(S(=O)(=O)NCc2sc(-c3ccccc3C)nc2C)cc1C. The van der Waals surface area contributed by atoms with Gasteiger partial charge < -0.3 is 0 Å². The lowest BCUT2D eigenvalue weighted by Gasteiger charge is -2.11. The Balaban J connectivity index is 1.85. The van der Waals surface area contributed by atoms with Crippen LogP contribution in [0.1, 0.15) is 32.8 Å². The van der Waals surface area contributed by atoms with E-state index >= 15 is 0 Å². The van der Waals surface area contributed by atoms with Crippen molar-refractivity contribution in [2.75, 3.05) is 0 Å². The summed E-state index contributed by atoms with van der Waals surface area (Å²) in [5.41, 5.74) is 5.92. The van der Waals surface area contributed by atoms with E-state index < -0.39 is 10.0 Å². The van der Waals surface area contributed by atoms with Crippen LogP contribution < -0.4 is 4.72 Å². The molecule has 0 amide bonds. The van der Waals surface area contributed by atoms with Crippen LogP contribution >= 0.6 is 11.3 Å². The Morgan fingerprint density at radius 2 is 1.59 bits per heavy atom. The molecular weight excluding hydrogens is 376 g/mol. The van der Waals surface area contributed by atoms with E-state index in [1.165, 1.54) is 11.3 Å². The average Bonchev–Trinajstić information content (AvgIpc) is 2.97. The Morgan fingerprint density at radius 1 is 0.926 bits per heavy atom. The molecule has 0 saturated carbocycles. The lowest BCUT2D eigenvalue weighted by atomic mass is 10.1. The first-order valence-corrected chi connectivity index (χ1v) is 11.1. The molecule has 0 bridgehead atoms. The van der Waals surface area contributed by atoms with E-state index in [-0.39, 0.29) is 6.54 Å². The number of hydrogen-bond donors (Lipinski definition) is 1. The second-order valence-electron chi connectivity index (χ2n) is 6.87. The van der Waals surface area contributed by atoms with E-state index in [2.05, 4.69) is 22.7 Å². The van der Waals surface area contributed by atoms with E-state index in [1.807, 2.05) is 52.0 Å². The minimum Gasteiger partial charge on any atom is -0.241 e. The number of hydrogen-bond acceptors (Lipinski definition) is 4. The summed E-state index contributed by atoms with van der Waals surface area (Å²) in [6, 6.07) is 11.7. The summed E-state index contributed by atoms with van der Waals surface area (Å²) >= 11 is 1.53. The van der Waals surface area contributed by atoms with Gasteiger partial charge >= 0.3 is 0 Å². The van der Waals surface area contributed by atoms with Crippen LogP contribution in [0.25, 0.3) is 10.6 Å². The van der Waals surface area contributed by atoms with Gasteiger partial charge in [0.25, 0.3) is 0 Å². The van der Waals surface area contributed by atoms with Crippen LogP contribution in [0.5, 0.6) is 0 Å². The van der Waals surface area contributed by atoms with Crippen LogP contribution in [-0.2, 0) is 16.6 Å². The molecule has 0 unspecified atom stereocenters. The van der Waals surface area contributed by atoms with Crippen LogP contribution in [0.2, 0.25) is 0 Å². The Hall–Kier alpha value is -2.02. The largest absolute Gasteiger partial charge is 0.241 e. The van der Waals surface area contributed by atoms with Crippen molar-refractivity contribution in [1.29, 1.82) is 0 Å². The van der Waals surface area contributed by atoms with Crippen LogP contribution in [0.4, 0.5) is 0 Å². The molecule has 0 radical (unpaired) electrons. The molecule has 0 aliphatic carbocycles. The number of sulfonamides is 1. The summed E-state index contributed by atoms with van der Waals surface area (Å²) in [7, 11) is -3.58. The number of benzene rings is 2. The minimum atomic E-state index is -3.58. The summed E-state index contributed by atoms with van der Waals surface area (Å²) < 4.78 is 28.4. The highest BCUT2D eigenvalue weighted by Gasteiger charge is 2.19. The molecule has 0 fully saturated rings. The van der Waals surface area contributed by atoms with Gasteiger partial charge in [-0.25, -0.2) is 18.1 Å². The third-order valence-electron chi connectivity index (χ3n) is 4.77. The van der Waals surface area contributed by atoms with Gasteiger partial charge in [-0.05, 0) is 62.9 Å². The summed E-state index contributed by atoms with van der Waals surface area (Å²) in [4.78, 5) is 5.91. The van der Waals surface area contributed by atoms with E-state index in [9.17, 15) is 8.42 Å². The number of rotatable bonds is 5. The van der Waals surface area contributed by atoms with Crippen molar-refractivity contribution in [2.45, 2.75) is 46.1 Å². The maximum Gasteiger partial charge on any atom is 0.241 e. The van der Waals surface area contributed by atoms with E-state index in [0.717, 1.165) is 43.4 Å². The standard InChI is InChI=1S/C21H24N2O2S2/c1-13-8-6-7-9-18(13)21-23-17(5)19(26-21)12-22-27(24,25)20-11-15(3)14(2)10-16(20)4/h6-11,22H,12H2,1-5H3. The lowest BCUT2D eigenvalue weighted by Crippen LogP contribution is -2.24. The molecule has 3 aromatic rings. The van der Waals surface area contributed by atoms with Crippen LogP contribution in [0.3, 0.4) is 0 Å². The molecule has 0 spiro atoms. The first kappa shape index (κ1) is 19.7. The number of aromatic nitrogens is 1. The Labute approximate surface area is 165 Å². The predicted octanol–water partition coefficient (Wildman–Crippen LogP) is 4.83. The van der Waals surface area contributed by atoms with E-state index in [0.29, 0.717) is 4.90 Å². The Morgan fingerprint density at radius 3 is 2.30 bits per heavy atom. The van der Waals surface area contributed by atoms with Gasteiger partial charge in [-0.3, -0.25) is 0 Å². The summed E-state index contributed by atoms with van der Waals surface area (Å²) in [5, 5.41) is 0.919. The quantitative estimate of drug-likeness (QED) is 0.667. The van der Waals surface area contributed by atoms with Gasteiger partial charge in [0.1, 0.15) is 5.01 Å². The first-order valence-electron chi connectivity index (χ1n) is 8.79. The van der Waals surface area contributed by atoms with Crippen molar-refractivity contribution < 1.29 is 8.42 Å². The van der Waals surface area contributed by atoms with Gasteiger partial charge in [-0.2, -0.15) is 0 Å². The molecule has 4 nitrogen and oxygen atoms in total. The third kappa shape index (κ3) is 4.13. The Kier molecular flexibility index (Phi) is 5.51. The van der Waals surface area contributed by atoms with Crippen molar-refractivity contribution in [1.82, 2.24) is 9.71 Å². The lowest BCUT2D eigenvalue weighted by molar-refractivity contribution is 0.581. The van der Waals surface area contributed by atoms with Gasteiger partial charge in [-0.1, -0.05) is 30.3 Å². The summed E-state index contributed by atoms with van der Waals surface area (Å²) in [5.74, 6) is 0. The van der Waals surface area contributed by atoms with Crippen LogP contribution in [0.15, 0.2) is 41.3 Å². The summed E-state index contributed by atoms with van der Waals surface area (Å²) in [6.45, 7) is 9.95. The maximum atomic E-state index is 12.8. The van der Waals surface area contributed by atoms with Crippen LogP contribution in [-0.4, -0.2) is 13.4 Å². The van der Waals surface area contributed by atoms with Crippen molar-refractivity contribution in [2.24, 2.45) is 0 Å². The highest BCUT2D eigenvalue weighted by atomic mass is 32.2. The van der Waals surface area contributed by atoms with Crippen molar-refractivity contribution >= 4 is 21.4 Å². The zero-order valence-electron chi connectivity index (χ0n) is 16.3. The highest BCUT2D eigenvalue weighted by Crippen LogP contribution is 2.30. The second kappa shape index (κ2) is 7.54. The molecule has 2 aromatic carbocycles. The summed E-state index contributed by atoms with van der Waals surface area (Å²) in [6.07, 6.45) is 0.